The maximum atomic E-state index is 10.2. The van der Waals surface area contributed by atoms with Gasteiger partial charge in [0.05, 0.1) is 14.2 Å². The number of phenols is 1. The van der Waals surface area contributed by atoms with Crippen LogP contribution in [0.5, 0.6) is 17.2 Å². The summed E-state index contributed by atoms with van der Waals surface area (Å²) >= 11 is 0. The molecule has 0 aliphatic carbocycles. The van der Waals surface area contributed by atoms with Crippen LogP contribution in [0.3, 0.4) is 0 Å². The third-order valence-electron chi connectivity index (χ3n) is 2.09. The first-order valence-corrected chi connectivity index (χ1v) is 4.60. The second kappa shape index (κ2) is 5.24. The van der Waals surface area contributed by atoms with Crippen LogP contribution in [0.2, 0.25) is 0 Å². The van der Waals surface area contributed by atoms with Gasteiger partial charge in [0, 0.05) is 6.42 Å². The number of carbonyl (C=O) groups is 1. The van der Waals surface area contributed by atoms with Gasteiger partial charge >= 0.3 is 0 Å². The van der Waals surface area contributed by atoms with Gasteiger partial charge in [-0.05, 0) is 24.1 Å². The molecule has 0 unspecified atom stereocenters. The van der Waals surface area contributed by atoms with Crippen LogP contribution >= 0.6 is 0 Å². The lowest BCUT2D eigenvalue weighted by Crippen LogP contribution is -1.93. The van der Waals surface area contributed by atoms with Gasteiger partial charge in [-0.3, -0.25) is 0 Å². The molecule has 0 saturated heterocycles. The first kappa shape index (κ1) is 11.4. The second-order valence-electron chi connectivity index (χ2n) is 3.05. The molecule has 1 N–H and O–H groups in total. The molecule has 0 atom stereocenters. The molecule has 1 aromatic rings. The van der Waals surface area contributed by atoms with E-state index in [0.29, 0.717) is 24.3 Å². The maximum Gasteiger partial charge on any atom is 0.200 e. The number of aryl methyl sites for hydroxylation is 1. The van der Waals surface area contributed by atoms with E-state index in [-0.39, 0.29) is 5.75 Å². The molecule has 4 nitrogen and oxygen atoms in total. The third kappa shape index (κ3) is 2.62. The fourth-order valence-corrected chi connectivity index (χ4v) is 1.32. The molecule has 0 radical (unpaired) electrons. The van der Waals surface area contributed by atoms with Gasteiger partial charge in [0.25, 0.3) is 0 Å². The van der Waals surface area contributed by atoms with Crippen molar-refractivity contribution in [2.45, 2.75) is 12.8 Å². The van der Waals surface area contributed by atoms with E-state index in [1.165, 1.54) is 14.2 Å². The number of hydrogen-bond donors (Lipinski definition) is 1. The number of carbonyl (C=O) groups excluding carboxylic acids is 1. The van der Waals surface area contributed by atoms with E-state index in [2.05, 4.69) is 0 Å². The summed E-state index contributed by atoms with van der Waals surface area (Å²) in [6, 6.07) is 3.39. The molecule has 0 fully saturated rings. The zero-order chi connectivity index (χ0) is 11.3. The van der Waals surface area contributed by atoms with Crippen molar-refractivity contribution in [1.29, 1.82) is 0 Å². The minimum atomic E-state index is -0.0187. The Balaban J connectivity index is 3.03. The van der Waals surface area contributed by atoms with Crippen LogP contribution in [0.25, 0.3) is 0 Å². The van der Waals surface area contributed by atoms with Crippen LogP contribution in [0.15, 0.2) is 12.1 Å². The zero-order valence-electron chi connectivity index (χ0n) is 8.82. The van der Waals surface area contributed by atoms with Gasteiger partial charge in [-0.1, -0.05) is 0 Å². The van der Waals surface area contributed by atoms with Gasteiger partial charge in [0.15, 0.2) is 11.5 Å². The van der Waals surface area contributed by atoms with Gasteiger partial charge in [-0.25, -0.2) is 0 Å². The van der Waals surface area contributed by atoms with Crippen LogP contribution in [0.4, 0.5) is 0 Å². The van der Waals surface area contributed by atoms with Crippen molar-refractivity contribution < 1.29 is 19.4 Å². The van der Waals surface area contributed by atoms with Gasteiger partial charge in [-0.15, -0.1) is 0 Å². The molecule has 0 saturated carbocycles. The first-order valence-electron chi connectivity index (χ1n) is 4.60. The Hall–Kier alpha value is -1.71. The van der Waals surface area contributed by atoms with E-state index in [1.54, 1.807) is 12.1 Å². The summed E-state index contributed by atoms with van der Waals surface area (Å²) in [5, 5.41) is 9.62. The molecule has 1 rings (SSSR count). The van der Waals surface area contributed by atoms with Gasteiger partial charge < -0.3 is 19.4 Å². The SMILES string of the molecule is COc1cc(CCC=O)cc(OC)c1O. The van der Waals surface area contributed by atoms with Crippen molar-refractivity contribution in [2.75, 3.05) is 14.2 Å². The molecule has 4 heteroatoms. The van der Waals surface area contributed by atoms with Crippen molar-refractivity contribution in [3.63, 3.8) is 0 Å². The Morgan fingerprint density at radius 3 is 2.20 bits per heavy atom. The second-order valence-corrected chi connectivity index (χ2v) is 3.05. The molecular weight excluding hydrogens is 196 g/mol. The highest BCUT2D eigenvalue weighted by molar-refractivity contribution is 5.54. The number of phenolic OH excluding ortho intramolecular Hbond substituents is 1. The summed E-state index contributed by atoms with van der Waals surface area (Å²) in [7, 11) is 2.94. The van der Waals surface area contributed by atoms with E-state index < -0.39 is 0 Å². The van der Waals surface area contributed by atoms with E-state index in [9.17, 15) is 9.90 Å². The topological polar surface area (TPSA) is 55.8 Å². The van der Waals surface area contributed by atoms with E-state index in [1.807, 2.05) is 0 Å². The Morgan fingerprint density at radius 1 is 1.27 bits per heavy atom. The lowest BCUT2D eigenvalue weighted by molar-refractivity contribution is -0.107. The molecule has 0 bridgehead atoms. The van der Waals surface area contributed by atoms with Crippen molar-refractivity contribution in [3.8, 4) is 17.2 Å². The number of rotatable bonds is 5. The van der Waals surface area contributed by atoms with Gasteiger partial charge in [0.1, 0.15) is 6.29 Å². The molecule has 0 aliphatic heterocycles. The minimum Gasteiger partial charge on any atom is -0.502 e. The molecule has 1 aromatic carbocycles. The highest BCUT2D eigenvalue weighted by Gasteiger charge is 2.10. The summed E-state index contributed by atoms with van der Waals surface area (Å²) in [5.41, 5.74) is 0.897. The first-order chi connectivity index (χ1) is 7.22. The third-order valence-corrected chi connectivity index (χ3v) is 2.09. The Labute approximate surface area is 88.4 Å². The summed E-state index contributed by atoms with van der Waals surface area (Å²) in [4.78, 5) is 10.2. The number of aldehydes is 1. The smallest absolute Gasteiger partial charge is 0.200 e. The molecule has 0 heterocycles. The van der Waals surface area contributed by atoms with Crippen LogP contribution in [-0.2, 0) is 11.2 Å². The predicted molar refractivity (Wildman–Crippen MR) is 55.6 cm³/mol. The van der Waals surface area contributed by atoms with Crippen LogP contribution in [0, 0.1) is 0 Å². The molecule has 82 valence electrons. The van der Waals surface area contributed by atoms with Crippen LogP contribution in [0.1, 0.15) is 12.0 Å². The predicted octanol–water partition coefficient (Wildman–Crippen LogP) is 1.54. The van der Waals surface area contributed by atoms with Crippen molar-refractivity contribution in [1.82, 2.24) is 0 Å². The normalized spacial score (nSPS) is 9.73. The molecule has 0 aliphatic rings. The molecule has 0 amide bonds. The van der Waals surface area contributed by atoms with Crippen molar-refractivity contribution in [3.05, 3.63) is 17.7 Å². The lowest BCUT2D eigenvalue weighted by atomic mass is 10.1. The Morgan fingerprint density at radius 2 is 1.80 bits per heavy atom. The Kier molecular flexibility index (Phi) is 3.97. The average molecular weight is 210 g/mol. The number of methoxy groups -OCH3 is 2. The summed E-state index contributed by atoms with van der Waals surface area (Å²) < 4.78 is 9.98. The highest BCUT2D eigenvalue weighted by atomic mass is 16.5. The quantitative estimate of drug-likeness (QED) is 0.749. The maximum absolute atomic E-state index is 10.2. The van der Waals surface area contributed by atoms with Crippen LogP contribution < -0.4 is 9.47 Å². The summed E-state index contributed by atoms with van der Waals surface area (Å²) in [6.07, 6.45) is 1.90. The largest absolute Gasteiger partial charge is 0.502 e. The fraction of sp³-hybridized carbons (Fsp3) is 0.364. The molecular formula is C11H14O4. The zero-order valence-corrected chi connectivity index (χ0v) is 8.82. The van der Waals surface area contributed by atoms with Crippen molar-refractivity contribution >= 4 is 6.29 Å². The van der Waals surface area contributed by atoms with Gasteiger partial charge in [-0.2, -0.15) is 0 Å². The summed E-state index contributed by atoms with van der Waals surface area (Å²) in [5.74, 6) is 0.695. The summed E-state index contributed by atoms with van der Waals surface area (Å²) in [6.45, 7) is 0. The fourth-order valence-electron chi connectivity index (χ4n) is 1.32. The van der Waals surface area contributed by atoms with Crippen molar-refractivity contribution in [2.24, 2.45) is 0 Å². The van der Waals surface area contributed by atoms with Gasteiger partial charge in [0.2, 0.25) is 5.75 Å². The lowest BCUT2D eigenvalue weighted by Gasteiger charge is -2.10. The highest BCUT2D eigenvalue weighted by Crippen LogP contribution is 2.37. The molecule has 15 heavy (non-hydrogen) atoms. The standard InChI is InChI=1S/C11H14O4/c1-14-9-6-8(4-3-5-12)7-10(15-2)11(9)13/h5-7,13H,3-4H2,1-2H3. The van der Waals surface area contributed by atoms with Crippen LogP contribution in [-0.4, -0.2) is 25.6 Å². The number of benzene rings is 1. The average Bonchev–Trinajstić information content (AvgIpc) is 2.27. The number of aromatic hydroxyl groups is 1. The van der Waals surface area contributed by atoms with E-state index in [0.717, 1.165) is 11.8 Å². The van der Waals surface area contributed by atoms with E-state index >= 15 is 0 Å². The van der Waals surface area contributed by atoms with E-state index in [4.69, 9.17) is 9.47 Å². The molecule has 0 aromatic heterocycles. The number of hydrogen-bond acceptors (Lipinski definition) is 4. The monoisotopic (exact) mass is 210 g/mol. The minimum absolute atomic E-state index is 0.0187. The Bertz CT molecular complexity index is 321. The molecule has 0 spiro atoms. The number of ether oxygens (including phenoxy) is 2.